The molecule has 0 fully saturated rings. The lowest BCUT2D eigenvalue weighted by Gasteiger charge is -2.12. The van der Waals surface area contributed by atoms with Crippen LogP contribution in [0.15, 0.2) is 92.6 Å². The quantitative estimate of drug-likeness (QED) is 0.208. The molecule has 0 bridgehead atoms. The molecular weight excluding hydrogens is 496 g/mol. The van der Waals surface area contributed by atoms with E-state index in [0.29, 0.717) is 22.8 Å². The molecule has 0 saturated heterocycles. The fourth-order valence-corrected chi connectivity index (χ4v) is 4.45. The van der Waals surface area contributed by atoms with Crippen LogP contribution in [0.4, 0.5) is 11.5 Å². The van der Waals surface area contributed by atoms with Gasteiger partial charge in [0.15, 0.2) is 5.82 Å². The Labute approximate surface area is 215 Å². The Morgan fingerprint density at radius 2 is 1.86 bits per heavy atom. The predicted molar refractivity (Wildman–Crippen MR) is 142 cm³/mol. The van der Waals surface area contributed by atoms with Crippen LogP contribution in [0.5, 0.6) is 0 Å². The molecule has 2 aromatic heterocycles. The number of carbonyl (C=O) groups excluding carboxylic acids is 3. The van der Waals surface area contributed by atoms with E-state index in [1.54, 1.807) is 61.5 Å². The zero-order valence-corrected chi connectivity index (χ0v) is 20.8. The second-order valence-electron chi connectivity index (χ2n) is 7.58. The minimum atomic E-state index is -0.466. The molecule has 0 aliphatic carbocycles. The van der Waals surface area contributed by atoms with Crippen LogP contribution >= 0.6 is 23.1 Å². The standard InChI is InChI=1S/C26H22N4O4S2/c1-17-12-23(30-34-17)29-24(31)16-36-21-9-5-8-20(14-21)27-26(33)22(13-18-10-11-35-15-18)28-25(32)19-6-3-2-4-7-19/h2-15H,16H2,1H3,(H,27,33)(H,28,32)(H,29,30,31)/b22-13-. The van der Waals surface area contributed by atoms with Crippen molar-refractivity contribution in [2.24, 2.45) is 0 Å². The molecule has 3 N–H and O–H groups in total. The van der Waals surface area contributed by atoms with Gasteiger partial charge in [-0.2, -0.15) is 11.3 Å². The number of hydrogen-bond acceptors (Lipinski definition) is 7. The molecule has 0 radical (unpaired) electrons. The van der Waals surface area contributed by atoms with Crippen molar-refractivity contribution < 1.29 is 18.9 Å². The molecule has 0 aliphatic heterocycles. The Bertz CT molecular complexity index is 1380. The molecule has 10 heteroatoms. The van der Waals surface area contributed by atoms with Crippen LogP contribution in [0.25, 0.3) is 6.08 Å². The maximum absolute atomic E-state index is 13.1. The largest absolute Gasteiger partial charge is 0.360 e. The second-order valence-corrected chi connectivity index (χ2v) is 9.41. The van der Waals surface area contributed by atoms with Crippen molar-refractivity contribution in [3.8, 4) is 0 Å². The number of carbonyl (C=O) groups is 3. The van der Waals surface area contributed by atoms with Crippen molar-refractivity contribution in [1.82, 2.24) is 10.5 Å². The molecule has 3 amide bonds. The van der Waals surface area contributed by atoms with Crippen molar-refractivity contribution in [2.45, 2.75) is 11.8 Å². The number of amides is 3. The van der Waals surface area contributed by atoms with Gasteiger partial charge in [-0.1, -0.05) is 29.4 Å². The number of hydrogen-bond donors (Lipinski definition) is 3. The Balaban J connectivity index is 1.41. The SMILES string of the molecule is Cc1cc(NC(=O)CSc2cccc(NC(=O)/C(=C/c3ccsc3)NC(=O)c3ccccc3)c2)no1. The summed E-state index contributed by atoms with van der Waals surface area (Å²) in [5, 5.41) is 15.7. The number of aromatic nitrogens is 1. The Hall–Kier alpha value is -4.15. The van der Waals surface area contributed by atoms with Crippen LogP contribution in [-0.4, -0.2) is 28.6 Å². The summed E-state index contributed by atoms with van der Waals surface area (Å²) in [5.41, 5.74) is 1.89. The van der Waals surface area contributed by atoms with E-state index in [-0.39, 0.29) is 23.3 Å². The second kappa shape index (κ2) is 12.0. The van der Waals surface area contributed by atoms with Gasteiger partial charge < -0.3 is 20.5 Å². The zero-order valence-electron chi connectivity index (χ0n) is 19.2. The molecule has 182 valence electrons. The van der Waals surface area contributed by atoms with Crippen LogP contribution in [0.2, 0.25) is 0 Å². The molecule has 4 rings (SSSR count). The molecule has 0 atom stereocenters. The lowest BCUT2D eigenvalue weighted by Crippen LogP contribution is -2.30. The van der Waals surface area contributed by atoms with E-state index in [1.165, 1.54) is 23.1 Å². The average molecular weight is 519 g/mol. The minimum Gasteiger partial charge on any atom is -0.360 e. The molecule has 8 nitrogen and oxygen atoms in total. The van der Waals surface area contributed by atoms with Crippen molar-refractivity contribution >= 4 is 58.4 Å². The Morgan fingerprint density at radius 1 is 1.03 bits per heavy atom. The fraction of sp³-hybridized carbons (Fsp3) is 0.0769. The first-order chi connectivity index (χ1) is 17.5. The van der Waals surface area contributed by atoms with E-state index in [1.807, 2.05) is 29.0 Å². The van der Waals surface area contributed by atoms with E-state index in [2.05, 4.69) is 21.1 Å². The predicted octanol–water partition coefficient (Wildman–Crippen LogP) is 5.18. The molecule has 4 aromatic rings. The molecule has 0 aliphatic rings. The summed E-state index contributed by atoms with van der Waals surface area (Å²) in [6, 6.07) is 19.3. The molecule has 36 heavy (non-hydrogen) atoms. The van der Waals surface area contributed by atoms with Crippen LogP contribution < -0.4 is 16.0 Å². The van der Waals surface area contributed by atoms with E-state index in [0.717, 1.165) is 10.5 Å². The number of thiophene rings is 1. The van der Waals surface area contributed by atoms with Gasteiger partial charge >= 0.3 is 0 Å². The highest BCUT2D eigenvalue weighted by Crippen LogP contribution is 2.22. The lowest BCUT2D eigenvalue weighted by molar-refractivity contribution is -0.114. The van der Waals surface area contributed by atoms with E-state index >= 15 is 0 Å². The number of thioether (sulfide) groups is 1. The maximum atomic E-state index is 13.1. The van der Waals surface area contributed by atoms with Gasteiger partial charge in [0.1, 0.15) is 11.5 Å². The van der Waals surface area contributed by atoms with E-state index in [4.69, 9.17) is 4.52 Å². The molecule has 0 unspecified atom stereocenters. The maximum Gasteiger partial charge on any atom is 0.272 e. The van der Waals surface area contributed by atoms with Crippen molar-refractivity contribution in [3.05, 3.63) is 100 Å². The Morgan fingerprint density at radius 3 is 2.58 bits per heavy atom. The first kappa shape index (κ1) is 25.0. The highest BCUT2D eigenvalue weighted by molar-refractivity contribution is 8.00. The average Bonchev–Trinajstić information content (AvgIpc) is 3.54. The van der Waals surface area contributed by atoms with Crippen molar-refractivity contribution in [1.29, 1.82) is 0 Å². The fourth-order valence-electron chi connectivity index (χ4n) is 3.08. The monoisotopic (exact) mass is 518 g/mol. The molecule has 2 aromatic carbocycles. The lowest BCUT2D eigenvalue weighted by atomic mass is 10.2. The van der Waals surface area contributed by atoms with Crippen molar-refractivity contribution in [3.63, 3.8) is 0 Å². The number of rotatable bonds is 9. The van der Waals surface area contributed by atoms with Crippen molar-refractivity contribution in [2.75, 3.05) is 16.4 Å². The zero-order chi connectivity index (χ0) is 25.3. The highest BCUT2D eigenvalue weighted by Gasteiger charge is 2.15. The summed E-state index contributed by atoms with van der Waals surface area (Å²) in [6.45, 7) is 1.74. The molecule has 2 heterocycles. The molecule has 0 saturated carbocycles. The van der Waals surface area contributed by atoms with Gasteiger partial charge in [-0.25, -0.2) is 0 Å². The molecular formula is C26H22N4O4S2. The van der Waals surface area contributed by atoms with Gasteiger partial charge in [0, 0.05) is 22.2 Å². The summed E-state index contributed by atoms with van der Waals surface area (Å²) in [7, 11) is 0. The third kappa shape index (κ3) is 7.17. The smallest absolute Gasteiger partial charge is 0.272 e. The summed E-state index contributed by atoms with van der Waals surface area (Å²) >= 11 is 2.80. The van der Waals surface area contributed by atoms with E-state index in [9.17, 15) is 14.4 Å². The minimum absolute atomic E-state index is 0.114. The normalized spacial score (nSPS) is 11.1. The van der Waals surface area contributed by atoms with Gasteiger partial charge in [-0.15, -0.1) is 11.8 Å². The highest BCUT2D eigenvalue weighted by atomic mass is 32.2. The third-order valence-corrected chi connectivity index (χ3v) is 6.44. The van der Waals surface area contributed by atoms with Gasteiger partial charge in [0.25, 0.3) is 11.8 Å². The van der Waals surface area contributed by atoms with Crippen LogP contribution in [0.3, 0.4) is 0 Å². The number of benzene rings is 2. The van der Waals surface area contributed by atoms with Crippen LogP contribution in [0.1, 0.15) is 21.7 Å². The number of nitrogens with zero attached hydrogens (tertiary/aromatic N) is 1. The third-order valence-electron chi connectivity index (χ3n) is 4.74. The summed E-state index contributed by atoms with van der Waals surface area (Å²) in [4.78, 5) is 38.8. The van der Waals surface area contributed by atoms with Gasteiger partial charge in [0.05, 0.1) is 5.75 Å². The summed E-state index contributed by atoms with van der Waals surface area (Å²) in [5.74, 6) is 0.0408. The van der Waals surface area contributed by atoms with Gasteiger partial charge in [0.2, 0.25) is 5.91 Å². The first-order valence-corrected chi connectivity index (χ1v) is 12.8. The topological polar surface area (TPSA) is 113 Å². The van der Waals surface area contributed by atoms with Crippen LogP contribution in [0, 0.1) is 6.92 Å². The summed E-state index contributed by atoms with van der Waals surface area (Å²) in [6.07, 6.45) is 1.63. The first-order valence-electron chi connectivity index (χ1n) is 10.8. The van der Waals surface area contributed by atoms with Gasteiger partial charge in [-0.05, 0) is 65.7 Å². The molecule has 0 spiro atoms. The number of nitrogens with one attached hydrogen (secondary N) is 3. The number of anilines is 2. The van der Waals surface area contributed by atoms with E-state index < -0.39 is 5.91 Å². The Kier molecular flexibility index (Phi) is 8.32. The number of aryl methyl sites for hydroxylation is 1. The van der Waals surface area contributed by atoms with Gasteiger partial charge in [-0.3, -0.25) is 14.4 Å². The van der Waals surface area contributed by atoms with Crippen LogP contribution in [-0.2, 0) is 9.59 Å². The summed E-state index contributed by atoms with van der Waals surface area (Å²) < 4.78 is 4.94.